The number of nitrogens with zero attached hydrogens (tertiary/aromatic N) is 5. The monoisotopic (exact) mass is 740 g/mol. The Morgan fingerprint density at radius 1 is 0.815 bits per heavy atom. The Balaban J connectivity index is 1.26. The zero-order valence-corrected chi connectivity index (χ0v) is 31.5. The first kappa shape index (κ1) is 39.9. The molecule has 3 aromatic rings. The number of carboxylic acid groups (broad SMARTS) is 1. The molecule has 2 saturated heterocycles. The lowest BCUT2D eigenvalue weighted by atomic mass is 9.78. The summed E-state index contributed by atoms with van der Waals surface area (Å²) < 4.78 is 0. The van der Waals surface area contributed by atoms with Gasteiger partial charge in [0.1, 0.15) is 12.4 Å². The molecule has 2 aliphatic heterocycles. The van der Waals surface area contributed by atoms with Crippen molar-refractivity contribution < 1.29 is 29.1 Å². The van der Waals surface area contributed by atoms with E-state index in [4.69, 9.17) is 0 Å². The summed E-state index contributed by atoms with van der Waals surface area (Å²) in [5.41, 5.74) is 3.47. The zero-order valence-electron chi connectivity index (χ0n) is 31.5. The molecular weight excluding hydrogens is 688 g/mol. The van der Waals surface area contributed by atoms with E-state index in [0.29, 0.717) is 76.6 Å². The van der Waals surface area contributed by atoms with Crippen LogP contribution in [0.1, 0.15) is 48.9 Å². The summed E-state index contributed by atoms with van der Waals surface area (Å²) in [5, 5.41) is 18.2. The zero-order chi connectivity index (χ0) is 38.7. The molecule has 1 aromatic heterocycles. The third kappa shape index (κ3) is 10.6. The Labute approximate surface area is 316 Å². The number of likely N-dealkylation sites (tertiary alicyclic amines) is 1. The van der Waals surface area contributed by atoms with E-state index in [1.54, 1.807) is 34.2 Å². The van der Waals surface area contributed by atoms with Gasteiger partial charge < -0.3 is 35.8 Å². The molecule has 2 aromatic carbocycles. The van der Waals surface area contributed by atoms with Gasteiger partial charge in [-0.3, -0.25) is 24.1 Å². The maximum atomic E-state index is 14.5. The number of hydrogen-bond donors (Lipinski definition) is 4. The van der Waals surface area contributed by atoms with Crippen molar-refractivity contribution in [1.29, 1.82) is 0 Å². The van der Waals surface area contributed by atoms with E-state index < -0.39 is 11.5 Å². The van der Waals surface area contributed by atoms with E-state index >= 15 is 0 Å². The largest absolute Gasteiger partial charge is 0.465 e. The Bertz CT molecular complexity index is 1790. The highest BCUT2D eigenvalue weighted by atomic mass is 16.4. The number of piperazine rings is 1. The van der Waals surface area contributed by atoms with Crippen molar-refractivity contribution in [3.8, 4) is 0 Å². The average molecular weight is 741 g/mol. The molecule has 5 rings (SSSR count). The number of pyridine rings is 1. The van der Waals surface area contributed by atoms with E-state index in [-0.39, 0.29) is 49.7 Å². The Kier molecular flexibility index (Phi) is 13.7. The third-order valence-electron chi connectivity index (χ3n) is 10.4. The second-order valence-electron chi connectivity index (χ2n) is 14.3. The summed E-state index contributed by atoms with van der Waals surface area (Å²) in [6.45, 7) is 7.34. The number of rotatable bonds is 14. The van der Waals surface area contributed by atoms with Crippen LogP contribution in [-0.4, -0.2) is 119 Å². The van der Waals surface area contributed by atoms with Crippen LogP contribution in [0.2, 0.25) is 0 Å². The van der Waals surface area contributed by atoms with Crippen LogP contribution in [0.4, 0.5) is 16.3 Å². The van der Waals surface area contributed by atoms with E-state index in [2.05, 4.69) is 20.9 Å². The quantitative estimate of drug-likeness (QED) is 0.194. The van der Waals surface area contributed by atoms with E-state index in [0.717, 1.165) is 22.3 Å². The van der Waals surface area contributed by atoms with Gasteiger partial charge in [0.15, 0.2) is 0 Å². The van der Waals surface area contributed by atoms with Gasteiger partial charge in [-0.25, -0.2) is 9.78 Å². The van der Waals surface area contributed by atoms with Gasteiger partial charge in [-0.1, -0.05) is 50.2 Å². The number of anilines is 2. The highest BCUT2D eigenvalue weighted by Crippen LogP contribution is 2.34. The minimum absolute atomic E-state index is 0.0341. The fourth-order valence-electron chi connectivity index (χ4n) is 7.10. The van der Waals surface area contributed by atoms with E-state index in [1.807, 2.05) is 68.3 Å². The second-order valence-corrected chi connectivity index (χ2v) is 14.3. The van der Waals surface area contributed by atoms with Crippen LogP contribution >= 0.6 is 0 Å². The summed E-state index contributed by atoms with van der Waals surface area (Å²) in [6, 6.07) is 18.7. The van der Waals surface area contributed by atoms with Crippen molar-refractivity contribution in [3.05, 3.63) is 89.1 Å². The lowest BCUT2D eigenvalue weighted by Gasteiger charge is -2.42. The van der Waals surface area contributed by atoms with Gasteiger partial charge in [0.25, 0.3) is 0 Å². The SMILES string of the molecule is CCc1ccc(NC(=O)CN(Cc2ccccc2CNC)C(=O)C2(C)CCN(C(=O)CN3CCN(C(=O)O)CC3)CC2)cc1CC(=O)Nc1ccccn1. The number of aryl methyl sites for hydroxylation is 1. The van der Waals surface area contributed by atoms with Crippen molar-refractivity contribution in [2.24, 2.45) is 5.41 Å². The number of piperidine rings is 1. The van der Waals surface area contributed by atoms with Crippen LogP contribution in [0.5, 0.6) is 0 Å². The van der Waals surface area contributed by atoms with Crippen LogP contribution in [0, 0.1) is 5.41 Å². The molecular formula is C40H52N8O6. The molecule has 0 saturated carbocycles. The van der Waals surface area contributed by atoms with Gasteiger partial charge in [-0.15, -0.1) is 0 Å². The number of nitrogens with one attached hydrogen (secondary N) is 3. The first-order chi connectivity index (χ1) is 26.0. The molecule has 14 nitrogen and oxygen atoms in total. The summed E-state index contributed by atoms with van der Waals surface area (Å²) in [6.07, 6.45) is 2.37. The van der Waals surface area contributed by atoms with Gasteiger partial charge in [-0.05, 0) is 72.8 Å². The van der Waals surface area contributed by atoms with E-state index in [1.165, 1.54) is 4.90 Å². The predicted molar refractivity (Wildman–Crippen MR) is 206 cm³/mol. The lowest BCUT2D eigenvalue weighted by Crippen LogP contribution is -2.54. The molecule has 2 aliphatic rings. The van der Waals surface area contributed by atoms with Crippen LogP contribution in [0.25, 0.3) is 0 Å². The maximum absolute atomic E-state index is 14.5. The number of benzene rings is 2. The predicted octanol–water partition coefficient (Wildman–Crippen LogP) is 3.44. The first-order valence-electron chi connectivity index (χ1n) is 18.6. The minimum atomic E-state index is -0.948. The molecule has 0 spiro atoms. The van der Waals surface area contributed by atoms with Crippen molar-refractivity contribution >= 4 is 41.2 Å². The number of carbonyl (C=O) groups excluding carboxylic acids is 4. The fourth-order valence-corrected chi connectivity index (χ4v) is 7.10. The van der Waals surface area contributed by atoms with Crippen molar-refractivity contribution in [2.75, 3.05) is 70.0 Å². The molecule has 0 unspecified atom stereocenters. The molecule has 0 atom stereocenters. The minimum Gasteiger partial charge on any atom is -0.465 e. The number of hydrogen-bond acceptors (Lipinski definition) is 8. The topological polar surface area (TPSA) is 168 Å². The van der Waals surface area contributed by atoms with Crippen LogP contribution in [0.15, 0.2) is 66.9 Å². The molecule has 4 N–H and O–H groups in total. The average Bonchev–Trinajstić information content (AvgIpc) is 3.16. The molecule has 288 valence electrons. The van der Waals surface area contributed by atoms with Gasteiger partial charge >= 0.3 is 6.09 Å². The van der Waals surface area contributed by atoms with Crippen LogP contribution < -0.4 is 16.0 Å². The van der Waals surface area contributed by atoms with Crippen molar-refractivity contribution in [2.45, 2.75) is 52.6 Å². The molecule has 2 fully saturated rings. The highest BCUT2D eigenvalue weighted by molar-refractivity contribution is 5.96. The molecule has 0 bridgehead atoms. The Hall–Kier alpha value is -5.34. The molecule has 54 heavy (non-hydrogen) atoms. The molecule has 0 radical (unpaired) electrons. The summed E-state index contributed by atoms with van der Waals surface area (Å²) in [7, 11) is 1.86. The Morgan fingerprint density at radius 3 is 2.17 bits per heavy atom. The normalized spacial score (nSPS) is 15.7. The maximum Gasteiger partial charge on any atom is 0.407 e. The van der Waals surface area contributed by atoms with Gasteiger partial charge in [0.05, 0.1) is 13.0 Å². The smallest absolute Gasteiger partial charge is 0.407 e. The number of carbonyl (C=O) groups is 5. The van der Waals surface area contributed by atoms with Gasteiger partial charge in [-0.2, -0.15) is 0 Å². The lowest BCUT2D eigenvalue weighted by molar-refractivity contribution is -0.149. The standard InChI is InChI=1S/C40H52N8O6/c1-4-29-12-13-33(23-32(29)24-35(49)44-34-11-7-8-16-42-34)43-36(50)27-48(26-31-10-6-5-9-30(31)25-41-3)38(52)40(2)14-17-46(18-15-40)37(51)28-45-19-21-47(22-20-45)39(53)54/h5-13,16,23,41H,4,14-15,17-22,24-28H2,1-3H3,(H,43,50)(H,53,54)(H,42,44,49). The number of amides is 5. The van der Waals surface area contributed by atoms with Crippen molar-refractivity contribution in [3.63, 3.8) is 0 Å². The molecule has 3 heterocycles. The molecule has 14 heteroatoms. The van der Waals surface area contributed by atoms with Gasteiger partial charge in [0, 0.05) is 69.7 Å². The molecule has 0 aliphatic carbocycles. The second kappa shape index (κ2) is 18.6. The van der Waals surface area contributed by atoms with E-state index in [9.17, 15) is 29.1 Å². The Morgan fingerprint density at radius 2 is 1.52 bits per heavy atom. The van der Waals surface area contributed by atoms with Gasteiger partial charge in [0.2, 0.25) is 23.6 Å². The third-order valence-corrected chi connectivity index (χ3v) is 10.4. The fraction of sp³-hybridized carbons (Fsp3) is 0.450. The summed E-state index contributed by atoms with van der Waals surface area (Å²) in [4.78, 5) is 76.5. The summed E-state index contributed by atoms with van der Waals surface area (Å²) >= 11 is 0. The van der Waals surface area contributed by atoms with Crippen molar-refractivity contribution in [1.82, 2.24) is 29.9 Å². The molecule has 5 amide bonds. The van der Waals surface area contributed by atoms with Crippen LogP contribution in [0.3, 0.4) is 0 Å². The highest BCUT2D eigenvalue weighted by Gasteiger charge is 2.41. The summed E-state index contributed by atoms with van der Waals surface area (Å²) in [5.74, 6) is -0.300. The number of aromatic nitrogens is 1. The first-order valence-corrected chi connectivity index (χ1v) is 18.6. The van der Waals surface area contributed by atoms with Crippen LogP contribution in [-0.2, 0) is 45.1 Å².